The Morgan fingerprint density at radius 1 is 0.655 bits per heavy atom. The maximum atomic E-state index is 12.2. The number of anilines is 3. The number of para-hydroxylation sites is 1. The molecule has 0 bridgehead atoms. The van der Waals surface area contributed by atoms with E-state index < -0.39 is 0 Å². The van der Waals surface area contributed by atoms with E-state index in [1.807, 2.05) is 42.5 Å². The zero-order chi connectivity index (χ0) is 20.5. The minimum atomic E-state index is -0.386. The molecule has 0 heterocycles. The summed E-state index contributed by atoms with van der Waals surface area (Å²) in [4.78, 5) is 24.3. The van der Waals surface area contributed by atoms with Crippen molar-refractivity contribution in [1.29, 1.82) is 0 Å². The first-order chi connectivity index (χ1) is 14.1. The quantitative estimate of drug-likeness (QED) is 0.437. The number of urea groups is 2. The third kappa shape index (κ3) is 6.08. The van der Waals surface area contributed by atoms with Crippen LogP contribution in [0.3, 0.4) is 0 Å². The zero-order valence-electron chi connectivity index (χ0n) is 15.7. The largest absolute Gasteiger partial charge is 0.392 e. The van der Waals surface area contributed by atoms with E-state index in [9.17, 15) is 14.7 Å². The van der Waals surface area contributed by atoms with E-state index in [1.54, 1.807) is 36.4 Å². The summed E-state index contributed by atoms with van der Waals surface area (Å²) in [6, 6.07) is 22.5. The summed E-state index contributed by atoms with van der Waals surface area (Å²) in [6.07, 6.45) is 0. The number of amides is 4. The lowest BCUT2D eigenvalue weighted by atomic mass is 10.1. The normalized spacial score (nSPS) is 10.1. The van der Waals surface area contributed by atoms with Gasteiger partial charge in [0, 0.05) is 23.6 Å². The molecule has 7 heteroatoms. The van der Waals surface area contributed by atoms with Crippen LogP contribution in [0.25, 0.3) is 0 Å². The Morgan fingerprint density at radius 3 is 1.90 bits per heavy atom. The lowest BCUT2D eigenvalue weighted by Gasteiger charge is -2.12. The molecule has 3 aromatic rings. The molecule has 0 atom stereocenters. The van der Waals surface area contributed by atoms with Gasteiger partial charge in [-0.1, -0.05) is 48.5 Å². The van der Waals surface area contributed by atoms with E-state index in [1.165, 1.54) is 0 Å². The van der Waals surface area contributed by atoms with Crippen LogP contribution in [-0.4, -0.2) is 17.2 Å². The molecule has 7 nitrogen and oxygen atoms in total. The van der Waals surface area contributed by atoms with Crippen LogP contribution in [0.15, 0.2) is 78.9 Å². The molecule has 0 aliphatic heterocycles. The minimum absolute atomic E-state index is 0.0851. The second-order valence-electron chi connectivity index (χ2n) is 6.26. The number of carbonyl (C=O) groups excluding carboxylic acids is 2. The van der Waals surface area contributed by atoms with Gasteiger partial charge in [0.05, 0.1) is 6.61 Å². The smallest absolute Gasteiger partial charge is 0.323 e. The van der Waals surface area contributed by atoms with Gasteiger partial charge in [-0.05, 0) is 41.5 Å². The molecule has 0 saturated heterocycles. The molecule has 4 amide bonds. The van der Waals surface area contributed by atoms with Crippen LogP contribution in [0.2, 0.25) is 0 Å². The van der Waals surface area contributed by atoms with Crippen LogP contribution in [0.5, 0.6) is 0 Å². The lowest BCUT2D eigenvalue weighted by Crippen LogP contribution is -2.28. The number of hydrogen-bond donors (Lipinski definition) is 5. The van der Waals surface area contributed by atoms with Crippen molar-refractivity contribution in [1.82, 2.24) is 5.32 Å². The Labute approximate surface area is 168 Å². The van der Waals surface area contributed by atoms with E-state index in [-0.39, 0.29) is 18.7 Å². The average Bonchev–Trinajstić information content (AvgIpc) is 2.73. The second kappa shape index (κ2) is 9.91. The molecular weight excluding hydrogens is 368 g/mol. The predicted molar refractivity (Wildman–Crippen MR) is 114 cm³/mol. The molecule has 0 aromatic heterocycles. The number of aliphatic hydroxyl groups excluding tert-OH is 1. The molecule has 0 saturated carbocycles. The predicted octanol–water partition coefficient (Wildman–Crippen LogP) is 4.14. The first-order valence-electron chi connectivity index (χ1n) is 9.09. The van der Waals surface area contributed by atoms with E-state index in [2.05, 4.69) is 21.3 Å². The number of rotatable bonds is 6. The van der Waals surface area contributed by atoms with E-state index in [0.717, 1.165) is 11.1 Å². The van der Waals surface area contributed by atoms with Crippen molar-refractivity contribution in [2.75, 3.05) is 16.0 Å². The van der Waals surface area contributed by atoms with Gasteiger partial charge in [-0.3, -0.25) is 0 Å². The summed E-state index contributed by atoms with van der Waals surface area (Å²) in [5.74, 6) is 0. The number of aliphatic hydroxyl groups is 1. The van der Waals surface area contributed by atoms with Gasteiger partial charge in [0.25, 0.3) is 0 Å². The van der Waals surface area contributed by atoms with Crippen LogP contribution in [0.4, 0.5) is 26.7 Å². The fraction of sp³-hybridized carbons (Fsp3) is 0.0909. The highest BCUT2D eigenvalue weighted by Crippen LogP contribution is 2.16. The molecule has 29 heavy (non-hydrogen) atoms. The van der Waals surface area contributed by atoms with Crippen LogP contribution in [0, 0.1) is 0 Å². The maximum absolute atomic E-state index is 12.2. The molecule has 0 spiro atoms. The van der Waals surface area contributed by atoms with E-state index in [0.29, 0.717) is 23.6 Å². The van der Waals surface area contributed by atoms with Gasteiger partial charge in [-0.2, -0.15) is 0 Å². The highest BCUT2D eigenvalue weighted by Gasteiger charge is 2.07. The van der Waals surface area contributed by atoms with Crippen molar-refractivity contribution in [2.45, 2.75) is 13.2 Å². The topological polar surface area (TPSA) is 102 Å². The minimum Gasteiger partial charge on any atom is -0.392 e. The second-order valence-corrected chi connectivity index (χ2v) is 6.26. The van der Waals surface area contributed by atoms with Gasteiger partial charge in [-0.15, -0.1) is 0 Å². The van der Waals surface area contributed by atoms with Crippen molar-refractivity contribution in [3.05, 3.63) is 90.0 Å². The highest BCUT2D eigenvalue weighted by molar-refractivity contribution is 6.00. The SMILES string of the molecule is O=C(NCc1ccccc1CO)Nc1cccc(NC(=O)Nc2ccccc2)c1. The number of nitrogens with one attached hydrogen (secondary N) is 4. The van der Waals surface area contributed by atoms with Crippen LogP contribution < -0.4 is 21.3 Å². The van der Waals surface area contributed by atoms with Crippen molar-refractivity contribution < 1.29 is 14.7 Å². The number of carbonyl (C=O) groups is 2. The first-order valence-corrected chi connectivity index (χ1v) is 9.09. The number of hydrogen-bond acceptors (Lipinski definition) is 3. The molecule has 5 N–H and O–H groups in total. The van der Waals surface area contributed by atoms with Gasteiger partial charge < -0.3 is 26.4 Å². The zero-order valence-corrected chi connectivity index (χ0v) is 15.7. The fourth-order valence-electron chi connectivity index (χ4n) is 2.72. The summed E-state index contributed by atoms with van der Waals surface area (Å²) in [7, 11) is 0. The standard InChI is InChI=1S/C22H22N4O3/c27-15-17-8-5-4-7-16(17)14-23-21(28)25-19-11-6-12-20(13-19)26-22(29)24-18-9-2-1-3-10-18/h1-13,27H,14-15H2,(H2,23,25,28)(H2,24,26,29). The highest BCUT2D eigenvalue weighted by atomic mass is 16.3. The molecular formula is C22H22N4O3. The molecule has 3 rings (SSSR count). The number of benzene rings is 3. The Kier molecular flexibility index (Phi) is 6.80. The summed E-state index contributed by atoms with van der Waals surface area (Å²) < 4.78 is 0. The Bertz CT molecular complexity index is 977. The monoisotopic (exact) mass is 390 g/mol. The van der Waals surface area contributed by atoms with E-state index in [4.69, 9.17) is 0 Å². The van der Waals surface area contributed by atoms with Crippen molar-refractivity contribution >= 4 is 29.1 Å². The van der Waals surface area contributed by atoms with Crippen molar-refractivity contribution in [3.63, 3.8) is 0 Å². The fourth-order valence-corrected chi connectivity index (χ4v) is 2.72. The summed E-state index contributed by atoms with van der Waals surface area (Å²) in [5.41, 5.74) is 3.38. The maximum Gasteiger partial charge on any atom is 0.323 e. The molecule has 0 aliphatic carbocycles. The molecule has 0 radical (unpaired) electrons. The molecule has 0 unspecified atom stereocenters. The van der Waals surface area contributed by atoms with Crippen molar-refractivity contribution in [3.8, 4) is 0 Å². The Hall–Kier alpha value is -3.84. The summed E-state index contributed by atoms with van der Waals surface area (Å²) in [5, 5.41) is 20.3. The third-order valence-electron chi connectivity index (χ3n) is 4.14. The van der Waals surface area contributed by atoms with Gasteiger partial charge in [0.1, 0.15) is 0 Å². The lowest BCUT2D eigenvalue weighted by molar-refractivity contribution is 0.251. The Balaban J connectivity index is 1.53. The molecule has 3 aromatic carbocycles. The summed E-state index contributed by atoms with van der Waals surface area (Å²) in [6.45, 7) is 0.207. The third-order valence-corrected chi connectivity index (χ3v) is 4.14. The van der Waals surface area contributed by atoms with Gasteiger partial charge in [0.2, 0.25) is 0 Å². The van der Waals surface area contributed by atoms with Gasteiger partial charge in [0.15, 0.2) is 0 Å². The molecule has 0 fully saturated rings. The Morgan fingerprint density at radius 2 is 1.21 bits per heavy atom. The molecule has 0 aliphatic rings. The average molecular weight is 390 g/mol. The van der Waals surface area contributed by atoms with Crippen LogP contribution in [-0.2, 0) is 13.2 Å². The molecule has 148 valence electrons. The first kappa shape index (κ1) is 19.9. The van der Waals surface area contributed by atoms with Crippen molar-refractivity contribution in [2.24, 2.45) is 0 Å². The van der Waals surface area contributed by atoms with E-state index >= 15 is 0 Å². The van der Waals surface area contributed by atoms with Crippen LogP contribution >= 0.6 is 0 Å². The summed E-state index contributed by atoms with van der Waals surface area (Å²) >= 11 is 0. The van der Waals surface area contributed by atoms with Gasteiger partial charge >= 0.3 is 12.1 Å². The van der Waals surface area contributed by atoms with Gasteiger partial charge in [-0.25, -0.2) is 9.59 Å². The van der Waals surface area contributed by atoms with Crippen LogP contribution in [0.1, 0.15) is 11.1 Å².